The van der Waals surface area contributed by atoms with E-state index in [1.54, 1.807) is 0 Å². The first-order chi connectivity index (χ1) is 17.0. The highest BCUT2D eigenvalue weighted by atomic mass is 16.7. The summed E-state index contributed by atoms with van der Waals surface area (Å²) >= 11 is 0. The normalized spacial score (nSPS) is 38.5. The maximum atomic E-state index is 12.7. The van der Waals surface area contributed by atoms with Crippen LogP contribution in [0.1, 0.15) is 19.4 Å². The highest BCUT2D eigenvalue weighted by Crippen LogP contribution is 2.33. The van der Waals surface area contributed by atoms with Gasteiger partial charge in [0, 0.05) is 5.57 Å². The first-order valence-corrected chi connectivity index (χ1v) is 11.3. The monoisotopic (exact) mass is 511 g/mol. The van der Waals surface area contributed by atoms with E-state index >= 15 is 0 Å². The summed E-state index contributed by atoms with van der Waals surface area (Å²) in [6.07, 6.45) is -10.2. The van der Waals surface area contributed by atoms with E-state index in [2.05, 4.69) is 5.32 Å². The summed E-state index contributed by atoms with van der Waals surface area (Å²) in [7, 11) is 0. The average Bonchev–Trinajstić information content (AvgIpc) is 3.43. The number of nitrogens with one attached hydrogen (secondary N) is 1. The first kappa shape index (κ1) is 26.4. The minimum absolute atomic E-state index is 0.0921. The van der Waals surface area contributed by atoms with Crippen LogP contribution in [0, 0.1) is 0 Å². The molecule has 13 heteroatoms. The Bertz CT molecular complexity index is 1030. The number of carbonyl (C=O) groups excluding carboxylic acids is 2. The summed E-state index contributed by atoms with van der Waals surface area (Å²) in [5.41, 5.74) is 0.545. The minimum atomic E-state index is -1.51. The SMILES string of the molecule is CC(=O)[C@H]1O[C@@H](Oc2ccc(C=C(C)C(=O)N[C@@H]3[C@H](O)[C@@H](O)[C@H]4OCO[C@H]4[C@@H]3O)cc2O)[C@@H](O)[C@@H]1O. The molecule has 2 heterocycles. The van der Waals surface area contributed by atoms with Crippen molar-refractivity contribution in [3.8, 4) is 11.5 Å². The van der Waals surface area contributed by atoms with Crippen LogP contribution >= 0.6 is 0 Å². The molecule has 36 heavy (non-hydrogen) atoms. The average molecular weight is 511 g/mol. The second kappa shape index (κ2) is 10.4. The Morgan fingerprint density at radius 2 is 1.64 bits per heavy atom. The lowest BCUT2D eigenvalue weighted by molar-refractivity contribution is -0.155. The lowest BCUT2D eigenvalue weighted by atomic mass is 9.83. The van der Waals surface area contributed by atoms with Gasteiger partial charge in [-0.1, -0.05) is 6.07 Å². The van der Waals surface area contributed by atoms with E-state index in [1.807, 2.05) is 0 Å². The van der Waals surface area contributed by atoms with E-state index in [0.29, 0.717) is 5.56 Å². The van der Waals surface area contributed by atoms with Gasteiger partial charge < -0.3 is 54.9 Å². The first-order valence-electron chi connectivity index (χ1n) is 11.3. The van der Waals surface area contributed by atoms with Gasteiger partial charge in [0.25, 0.3) is 0 Å². The van der Waals surface area contributed by atoms with Crippen molar-refractivity contribution in [3.63, 3.8) is 0 Å². The number of Topliss-reactive ketones (excluding diaryl/α,β-unsaturated/α-hetero) is 1. The minimum Gasteiger partial charge on any atom is -0.504 e. The van der Waals surface area contributed by atoms with Crippen molar-refractivity contribution in [2.24, 2.45) is 0 Å². The zero-order valence-corrected chi connectivity index (χ0v) is 19.4. The van der Waals surface area contributed by atoms with E-state index in [4.69, 9.17) is 18.9 Å². The number of fused-ring (bicyclic) bond motifs is 1. The number of benzene rings is 1. The largest absolute Gasteiger partial charge is 0.504 e. The second-order valence-electron chi connectivity index (χ2n) is 9.04. The van der Waals surface area contributed by atoms with Gasteiger partial charge in [0.2, 0.25) is 12.2 Å². The maximum absolute atomic E-state index is 12.7. The molecule has 10 atom stereocenters. The van der Waals surface area contributed by atoms with Crippen LogP contribution < -0.4 is 10.1 Å². The van der Waals surface area contributed by atoms with E-state index in [1.165, 1.54) is 38.1 Å². The standard InChI is InChI=1S/C23H29NO12/c1-8(22(32)24-13-14(27)16(29)21-20(15(13)28)33-7-34-21)5-10-3-4-12(11(26)6-10)35-23-18(31)17(30)19(36-23)9(2)25/h3-6,13-21,23,26-31H,7H2,1-2H3,(H,24,32)/t13-,14+,15-,16-,17+,18+,19-,20+,21-,23-/m1/s1. The Labute approximate surface area is 205 Å². The van der Waals surface area contributed by atoms with Gasteiger partial charge in [-0.25, -0.2) is 0 Å². The molecule has 1 amide bonds. The molecule has 1 aromatic carbocycles. The van der Waals surface area contributed by atoms with Gasteiger partial charge >= 0.3 is 0 Å². The van der Waals surface area contributed by atoms with Gasteiger partial charge in [0.1, 0.15) is 55.6 Å². The highest BCUT2D eigenvalue weighted by molar-refractivity contribution is 5.97. The summed E-state index contributed by atoms with van der Waals surface area (Å²) in [6, 6.07) is 2.90. The fraction of sp³-hybridized carbons (Fsp3) is 0.565. The van der Waals surface area contributed by atoms with Crippen molar-refractivity contribution in [2.75, 3.05) is 6.79 Å². The van der Waals surface area contributed by atoms with Crippen LogP contribution in [0.5, 0.6) is 11.5 Å². The van der Waals surface area contributed by atoms with Gasteiger partial charge in [-0.05, 0) is 37.6 Å². The lowest BCUT2D eigenvalue weighted by Gasteiger charge is -2.41. The maximum Gasteiger partial charge on any atom is 0.247 e. The summed E-state index contributed by atoms with van der Waals surface area (Å²) in [5, 5.41) is 63.9. The molecule has 0 unspecified atom stereocenters. The number of aromatic hydroxyl groups is 1. The third-order valence-electron chi connectivity index (χ3n) is 6.49. The van der Waals surface area contributed by atoms with Gasteiger partial charge in [-0.3, -0.25) is 9.59 Å². The second-order valence-corrected chi connectivity index (χ2v) is 9.04. The Kier molecular flexibility index (Phi) is 7.64. The molecule has 1 aromatic rings. The molecule has 3 fully saturated rings. The van der Waals surface area contributed by atoms with Gasteiger partial charge in [0.05, 0.1) is 6.04 Å². The van der Waals surface area contributed by atoms with Crippen LogP contribution in [0.2, 0.25) is 0 Å². The van der Waals surface area contributed by atoms with Crippen LogP contribution in [-0.2, 0) is 23.8 Å². The van der Waals surface area contributed by atoms with Crippen LogP contribution in [0.15, 0.2) is 23.8 Å². The Balaban J connectivity index is 1.41. The molecular weight excluding hydrogens is 482 g/mol. The molecule has 13 nitrogen and oxygen atoms in total. The summed E-state index contributed by atoms with van der Waals surface area (Å²) in [5.74, 6) is -1.59. The van der Waals surface area contributed by atoms with Crippen molar-refractivity contribution in [1.29, 1.82) is 0 Å². The Morgan fingerprint density at radius 3 is 2.25 bits per heavy atom. The number of phenols is 1. The van der Waals surface area contributed by atoms with Crippen molar-refractivity contribution in [1.82, 2.24) is 5.32 Å². The number of carbonyl (C=O) groups is 2. The third kappa shape index (κ3) is 4.96. The number of ketones is 1. The summed E-state index contributed by atoms with van der Waals surface area (Å²) < 4.78 is 21.1. The Hall–Kier alpha value is -2.62. The molecule has 0 aromatic heterocycles. The van der Waals surface area contributed by atoms with Crippen molar-refractivity contribution < 1.29 is 59.2 Å². The molecule has 2 saturated heterocycles. The number of ether oxygens (including phenoxy) is 4. The number of hydrogen-bond donors (Lipinski definition) is 7. The predicted octanol–water partition coefficient (Wildman–Crippen LogP) is -2.47. The van der Waals surface area contributed by atoms with E-state index in [-0.39, 0.29) is 23.9 Å². The summed E-state index contributed by atoms with van der Waals surface area (Å²) in [4.78, 5) is 24.2. The van der Waals surface area contributed by atoms with Crippen LogP contribution in [0.3, 0.4) is 0 Å². The third-order valence-corrected chi connectivity index (χ3v) is 6.49. The molecule has 3 aliphatic rings. The molecule has 0 radical (unpaired) electrons. The fourth-order valence-corrected chi connectivity index (χ4v) is 4.46. The van der Waals surface area contributed by atoms with Gasteiger partial charge in [-0.2, -0.15) is 0 Å². The smallest absolute Gasteiger partial charge is 0.247 e. The highest BCUT2D eigenvalue weighted by Gasteiger charge is 2.53. The van der Waals surface area contributed by atoms with Crippen LogP contribution in [0.25, 0.3) is 6.08 Å². The molecule has 0 bridgehead atoms. The molecule has 4 rings (SSSR count). The number of amides is 1. The number of aliphatic hydroxyl groups is 5. The topological polar surface area (TPSA) is 204 Å². The predicted molar refractivity (Wildman–Crippen MR) is 118 cm³/mol. The molecule has 1 aliphatic carbocycles. The zero-order valence-electron chi connectivity index (χ0n) is 19.4. The fourth-order valence-electron chi connectivity index (χ4n) is 4.46. The number of rotatable bonds is 6. The van der Waals surface area contributed by atoms with Crippen molar-refractivity contribution in [2.45, 2.75) is 75.0 Å². The summed E-state index contributed by atoms with van der Waals surface area (Å²) in [6.45, 7) is 2.52. The molecule has 2 aliphatic heterocycles. The Morgan fingerprint density at radius 1 is 0.972 bits per heavy atom. The van der Waals surface area contributed by atoms with E-state index < -0.39 is 72.9 Å². The van der Waals surface area contributed by atoms with Crippen molar-refractivity contribution in [3.05, 3.63) is 29.3 Å². The van der Waals surface area contributed by atoms with Crippen molar-refractivity contribution >= 4 is 17.8 Å². The number of phenolic OH excluding ortho intramolecular Hbond substituents is 1. The van der Waals surface area contributed by atoms with Gasteiger partial charge in [0.15, 0.2) is 17.3 Å². The number of aliphatic hydroxyl groups excluding tert-OH is 5. The molecule has 1 saturated carbocycles. The lowest BCUT2D eigenvalue weighted by Crippen LogP contribution is -2.67. The van der Waals surface area contributed by atoms with Crippen LogP contribution in [0.4, 0.5) is 0 Å². The zero-order chi connectivity index (χ0) is 26.3. The molecular formula is C23H29NO12. The van der Waals surface area contributed by atoms with Gasteiger partial charge in [-0.15, -0.1) is 0 Å². The van der Waals surface area contributed by atoms with E-state index in [9.17, 15) is 40.2 Å². The van der Waals surface area contributed by atoms with Crippen LogP contribution in [-0.4, -0.2) is 110 Å². The molecule has 198 valence electrons. The molecule has 0 spiro atoms. The van der Waals surface area contributed by atoms with E-state index in [0.717, 1.165) is 0 Å². The number of hydrogen-bond acceptors (Lipinski definition) is 12. The molecule has 7 N–H and O–H groups in total. The quantitative estimate of drug-likeness (QED) is 0.199.